The standard InChI is InChI=1S/C16H30O/c1-14-9-6-4-2-3-5-7-10-15-11-8-12-16(13-14)17-15/h14-16H,2-13H2,1H3. The molecule has 2 aliphatic heterocycles. The first-order valence-electron chi connectivity index (χ1n) is 8.00. The first-order valence-corrected chi connectivity index (χ1v) is 8.00. The molecule has 2 fully saturated rings. The highest BCUT2D eigenvalue weighted by atomic mass is 16.5. The Labute approximate surface area is 107 Å². The van der Waals surface area contributed by atoms with Crippen LogP contribution in [0.2, 0.25) is 0 Å². The predicted molar refractivity (Wildman–Crippen MR) is 73.2 cm³/mol. The smallest absolute Gasteiger partial charge is 0.0581 e. The molecular formula is C16H30O. The molecule has 100 valence electrons. The zero-order valence-electron chi connectivity index (χ0n) is 11.6. The highest BCUT2D eigenvalue weighted by Crippen LogP contribution is 2.28. The Morgan fingerprint density at radius 3 is 2.06 bits per heavy atom. The predicted octanol–water partition coefficient (Wildman–Crippen LogP) is 5.08. The van der Waals surface area contributed by atoms with E-state index in [2.05, 4.69) is 6.92 Å². The average Bonchev–Trinajstić information content (AvgIpc) is 2.33. The summed E-state index contributed by atoms with van der Waals surface area (Å²) < 4.78 is 6.27. The number of hydrogen-bond donors (Lipinski definition) is 0. The quantitative estimate of drug-likeness (QED) is 0.571. The van der Waals surface area contributed by atoms with Gasteiger partial charge in [0.15, 0.2) is 0 Å². The van der Waals surface area contributed by atoms with Crippen molar-refractivity contribution < 1.29 is 4.74 Å². The lowest BCUT2D eigenvalue weighted by molar-refractivity contribution is -0.0628. The van der Waals surface area contributed by atoms with Crippen LogP contribution in [0.1, 0.15) is 84.0 Å². The summed E-state index contributed by atoms with van der Waals surface area (Å²) >= 11 is 0. The molecule has 17 heavy (non-hydrogen) atoms. The van der Waals surface area contributed by atoms with Crippen LogP contribution in [0, 0.1) is 5.92 Å². The Bertz CT molecular complexity index is 200. The molecule has 2 heterocycles. The van der Waals surface area contributed by atoms with Crippen LogP contribution in [0.3, 0.4) is 0 Å². The van der Waals surface area contributed by atoms with E-state index in [0.29, 0.717) is 12.2 Å². The molecule has 0 amide bonds. The summed E-state index contributed by atoms with van der Waals surface area (Å²) in [5.41, 5.74) is 0. The summed E-state index contributed by atoms with van der Waals surface area (Å²) in [4.78, 5) is 0. The number of fused-ring (bicyclic) bond motifs is 2. The zero-order valence-corrected chi connectivity index (χ0v) is 11.6. The molecule has 2 aliphatic rings. The molecule has 0 saturated carbocycles. The van der Waals surface area contributed by atoms with Gasteiger partial charge >= 0.3 is 0 Å². The molecule has 1 nitrogen and oxygen atoms in total. The normalized spacial score (nSPS) is 37.6. The molecule has 2 rings (SSSR count). The van der Waals surface area contributed by atoms with Crippen molar-refractivity contribution in [2.45, 2.75) is 96.2 Å². The van der Waals surface area contributed by atoms with E-state index in [1.807, 2.05) is 0 Å². The van der Waals surface area contributed by atoms with Gasteiger partial charge in [-0.25, -0.2) is 0 Å². The number of ether oxygens (including phenoxy) is 1. The Hall–Kier alpha value is -0.0400. The molecule has 0 N–H and O–H groups in total. The van der Waals surface area contributed by atoms with Gasteiger partial charge in [0.25, 0.3) is 0 Å². The second-order valence-corrected chi connectivity index (χ2v) is 6.35. The summed E-state index contributed by atoms with van der Waals surface area (Å²) in [5, 5.41) is 0. The molecule has 0 spiro atoms. The maximum atomic E-state index is 6.27. The summed E-state index contributed by atoms with van der Waals surface area (Å²) in [7, 11) is 0. The largest absolute Gasteiger partial charge is 0.375 e. The average molecular weight is 238 g/mol. The molecule has 3 unspecified atom stereocenters. The van der Waals surface area contributed by atoms with E-state index in [-0.39, 0.29) is 0 Å². The van der Waals surface area contributed by atoms with E-state index in [1.54, 1.807) is 0 Å². The molecule has 1 heteroatoms. The van der Waals surface area contributed by atoms with Gasteiger partial charge in [0.1, 0.15) is 0 Å². The number of hydrogen-bond acceptors (Lipinski definition) is 1. The Kier molecular flexibility index (Phi) is 5.84. The van der Waals surface area contributed by atoms with E-state index in [1.165, 1.54) is 77.0 Å². The van der Waals surface area contributed by atoms with Gasteiger partial charge < -0.3 is 4.74 Å². The lowest BCUT2D eigenvalue weighted by atomic mass is 9.92. The van der Waals surface area contributed by atoms with Crippen LogP contribution in [0.25, 0.3) is 0 Å². The van der Waals surface area contributed by atoms with Crippen molar-refractivity contribution in [2.75, 3.05) is 0 Å². The Balaban J connectivity index is 1.83. The van der Waals surface area contributed by atoms with Gasteiger partial charge in [-0.2, -0.15) is 0 Å². The summed E-state index contributed by atoms with van der Waals surface area (Å²) in [5.74, 6) is 0.875. The first kappa shape index (κ1) is 13.4. The van der Waals surface area contributed by atoms with Crippen LogP contribution in [-0.2, 0) is 4.74 Å². The van der Waals surface area contributed by atoms with E-state index in [4.69, 9.17) is 4.74 Å². The SMILES string of the molecule is CC1CCCCCCCCC2CCCC(C1)O2. The molecule has 0 aromatic rings. The van der Waals surface area contributed by atoms with Gasteiger partial charge in [-0.1, -0.05) is 51.9 Å². The van der Waals surface area contributed by atoms with Gasteiger partial charge in [-0.15, -0.1) is 0 Å². The van der Waals surface area contributed by atoms with Crippen LogP contribution in [0.15, 0.2) is 0 Å². The molecule has 3 atom stereocenters. The fraction of sp³-hybridized carbons (Fsp3) is 1.00. The van der Waals surface area contributed by atoms with Crippen molar-refractivity contribution in [2.24, 2.45) is 5.92 Å². The highest BCUT2D eigenvalue weighted by Gasteiger charge is 2.23. The van der Waals surface area contributed by atoms with Crippen molar-refractivity contribution in [1.29, 1.82) is 0 Å². The van der Waals surface area contributed by atoms with Crippen molar-refractivity contribution in [3.8, 4) is 0 Å². The molecular weight excluding hydrogens is 208 g/mol. The summed E-state index contributed by atoms with van der Waals surface area (Å²) in [6.07, 6.45) is 17.9. The van der Waals surface area contributed by atoms with E-state index >= 15 is 0 Å². The Morgan fingerprint density at radius 2 is 1.24 bits per heavy atom. The van der Waals surface area contributed by atoms with Crippen LogP contribution in [0.4, 0.5) is 0 Å². The molecule has 0 aromatic heterocycles. The third-order valence-electron chi connectivity index (χ3n) is 4.58. The monoisotopic (exact) mass is 238 g/mol. The maximum Gasteiger partial charge on any atom is 0.0581 e. The molecule has 0 aliphatic carbocycles. The molecule has 0 aromatic carbocycles. The minimum Gasteiger partial charge on any atom is -0.375 e. The third-order valence-corrected chi connectivity index (χ3v) is 4.58. The highest BCUT2D eigenvalue weighted by molar-refractivity contribution is 4.73. The minimum atomic E-state index is 0.588. The fourth-order valence-corrected chi connectivity index (χ4v) is 3.51. The van der Waals surface area contributed by atoms with Gasteiger partial charge in [0.05, 0.1) is 12.2 Å². The fourth-order valence-electron chi connectivity index (χ4n) is 3.51. The first-order chi connectivity index (χ1) is 8.34. The van der Waals surface area contributed by atoms with Crippen LogP contribution in [-0.4, -0.2) is 12.2 Å². The number of rotatable bonds is 0. The molecule has 2 saturated heterocycles. The van der Waals surface area contributed by atoms with E-state index in [9.17, 15) is 0 Å². The van der Waals surface area contributed by atoms with Crippen molar-refractivity contribution in [1.82, 2.24) is 0 Å². The van der Waals surface area contributed by atoms with E-state index in [0.717, 1.165) is 5.92 Å². The van der Waals surface area contributed by atoms with Crippen molar-refractivity contribution >= 4 is 0 Å². The van der Waals surface area contributed by atoms with Crippen molar-refractivity contribution in [3.63, 3.8) is 0 Å². The molecule has 0 radical (unpaired) electrons. The van der Waals surface area contributed by atoms with Gasteiger partial charge in [-0.3, -0.25) is 0 Å². The van der Waals surface area contributed by atoms with Crippen LogP contribution in [0.5, 0.6) is 0 Å². The topological polar surface area (TPSA) is 9.23 Å². The van der Waals surface area contributed by atoms with Crippen LogP contribution < -0.4 is 0 Å². The minimum absolute atomic E-state index is 0.588. The van der Waals surface area contributed by atoms with Gasteiger partial charge in [0.2, 0.25) is 0 Å². The Morgan fingerprint density at radius 1 is 0.647 bits per heavy atom. The molecule has 2 bridgehead atoms. The van der Waals surface area contributed by atoms with Crippen LogP contribution >= 0.6 is 0 Å². The zero-order chi connectivity index (χ0) is 11.9. The second kappa shape index (κ2) is 7.41. The maximum absolute atomic E-state index is 6.27. The van der Waals surface area contributed by atoms with Gasteiger partial charge in [-0.05, 0) is 38.0 Å². The van der Waals surface area contributed by atoms with Gasteiger partial charge in [0, 0.05) is 0 Å². The summed E-state index contributed by atoms with van der Waals surface area (Å²) in [6, 6.07) is 0. The lowest BCUT2D eigenvalue weighted by Crippen LogP contribution is -2.29. The second-order valence-electron chi connectivity index (χ2n) is 6.35. The summed E-state index contributed by atoms with van der Waals surface area (Å²) in [6.45, 7) is 2.42. The van der Waals surface area contributed by atoms with Crippen molar-refractivity contribution in [3.05, 3.63) is 0 Å². The third kappa shape index (κ3) is 4.99. The lowest BCUT2D eigenvalue weighted by Gasteiger charge is -2.31. The van der Waals surface area contributed by atoms with E-state index < -0.39 is 0 Å².